The summed E-state index contributed by atoms with van der Waals surface area (Å²) < 4.78 is 5.11. The summed E-state index contributed by atoms with van der Waals surface area (Å²) in [6, 6.07) is 5.92. The fourth-order valence-electron chi connectivity index (χ4n) is 1.28. The molecular formula is C11H16O2. The molecule has 0 aliphatic heterocycles. The van der Waals surface area contributed by atoms with Crippen molar-refractivity contribution in [3.8, 4) is 5.75 Å². The minimum Gasteiger partial charge on any atom is -0.496 e. The standard InChI is InChI=1S/C11H16O2/c1-8(2)9-4-5-11(13-3)10(6-9)7-12/h4-6,8,12H,7H2,1-3H3. The highest BCUT2D eigenvalue weighted by Gasteiger charge is 2.05. The van der Waals surface area contributed by atoms with Crippen LogP contribution in [0.25, 0.3) is 0 Å². The van der Waals surface area contributed by atoms with E-state index in [1.165, 1.54) is 5.56 Å². The van der Waals surface area contributed by atoms with Crippen LogP contribution in [0, 0.1) is 0 Å². The number of aliphatic hydroxyl groups is 1. The molecule has 72 valence electrons. The zero-order chi connectivity index (χ0) is 9.84. The predicted octanol–water partition coefficient (Wildman–Crippen LogP) is 2.31. The molecule has 13 heavy (non-hydrogen) atoms. The Morgan fingerprint density at radius 2 is 2.08 bits per heavy atom. The molecule has 0 amide bonds. The van der Waals surface area contributed by atoms with Gasteiger partial charge < -0.3 is 9.84 Å². The molecule has 2 heteroatoms. The van der Waals surface area contributed by atoms with Gasteiger partial charge in [0.25, 0.3) is 0 Å². The van der Waals surface area contributed by atoms with Crippen molar-refractivity contribution >= 4 is 0 Å². The molecule has 0 atom stereocenters. The Morgan fingerprint density at radius 1 is 1.38 bits per heavy atom. The highest BCUT2D eigenvalue weighted by Crippen LogP contribution is 2.23. The molecule has 0 spiro atoms. The molecule has 0 aliphatic carbocycles. The van der Waals surface area contributed by atoms with E-state index in [2.05, 4.69) is 13.8 Å². The van der Waals surface area contributed by atoms with Crippen LogP contribution in [0.2, 0.25) is 0 Å². The summed E-state index contributed by atoms with van der Waals surface area (Å²) in [5.41, 5.74) is 2.08. The zero-order valence-corrected chi connectivity index (χ0v) is 8.37. The second-order valence-corrected chi connectivity index (χ2v) is 3.38. The van der Waals surface area contributed by atoms with Crippen molar-refractivity contribution < 1.29 is 9.84 Å². The first kappa shape index (κ1) is 10.1. The van der Waals surface area contributed by atoms with Crippen LogP contribution >= 0.6 is 0 Å². The number of hydrogen-bond donors (Lipinski definition) is 1. The van der Waals surface area contributed by atoms with Crippen molar-refractivity contribution in [2.45, 2.75) is 26.4 Å². The van der Waals surface area contributed by atoms with Gasteiger partial charge in [-0.25, -0.2) is 0 Å². The van der Waals surface area contributed by atoms with Crippen molar-refractivity contribution in [1.82, 2.24) is 0 Å². The van der Waals surface area contributed by atoms with Crippen molar-refractivity contribution in [1.29, 1.82) is 0 Å². The van der Waals surface area contributed by atoms with Gasteiger partial charge in [-0.1, -0.05) is 19.9 Å². The summed E-state index contributed by atoms with van der Waals surface area (Å²) in [6.45, 7) is 4.29. The Balaban J connectivity index is 3.05. The summed E-state index contributed by atoms with van der Waals surface area (Å²) in [4.78, 5) is 0. The zero-order valence-electron chi connectivity index (χ0n) is 8.37. The summed E-state index contributed by atoms with van der Waals surface area (Å²) in [5.74, 6) is 1.24. The summed E-state index contributed by atoms with van der Waals surface area (Å²) in [7, 11) is 1.61. The van der Waals surface area contributed by atoms with E-state index in [-0.39, 0.29) is 6.61 Å². The third kappa shape index (κ3) is 2.22. The second kappa shape index (κ2) is 4.28. The van der Waals surface area contributed by atoms with Crippen molar-refractivity contribution in [3.63, 3.8) is 0 Å². The van der Waals surface area contributed by atoms with Crippen LogP contribution in [-0.2, 0) is 6.61 Å². The number of ether oxygens (including phenoxy) is 1. The van der Waals surface area contributed by atoms with Crippen LogP contribution in [0.15, 0.2) is 18.2 Å². The first-order valence-corrected chi connectivity index (χ1v) is 4.46. The molecule has 1 N–H and O–H groups in total. The minimum absolute atomic E-state index is 0.0315. The first-order valence-electron chi connectivity index (χ1n) is 4.46. The van der Waals surface area contributed by atoms with Gasteiger partial charge in [0.15, 0.2) is 0 Å². The monoisotopic (exact) mass is 180 g/mol. The number of rotatable bonds is 3. The van der Waals surface area contributed by atoms with Gasteiger partial charge in [-0.2, -0.15) is 0 Å². The Bertz CT molecular complexity index is 279. The number of hydrogen-bond acceptors (Lipinski definition) is 2. The maximum atomic E-state index is 9.08. The molecule has 1 aromatic carbocycles. The third-order valence-electron chi connectivity index (χ3n) is 2.14. The highest BCUT2D eigenvalue weighted by atomic mass is 16.5. The Labute approximate surface area is 79.2 Å². The third-order valence-corrected chi connectivity index (χ3v) is 2.14. The largest absolute Gasteiger partial charge is 0.496 e. The molecule has 0 heterocycles. The summed E-state index contributed by atoms with van der Waals surface area (Å²) in [5, 5.41) is 9.08. The second-order valence-electron chi connectivity index (χ2n) is 3.38. The average Bonchev–Trinajstić information content (AvgIpc) is 2.16. The number of methoxy groups -OCH3 is 1. The average molecular weight is 180 g/mol. The van der Waals surface area contributed by atoms with Crippen molar-refractivity contribution in [2.75, 3.05) is 7.11 Å². The molecule has 0 aliphatic rings. The molecular weight excluding hydrogens is 164 g/mol. The van der Waals surface area contributed by atoms with E-state index in [4.69, 9.17) is 9.84 Å². The smallest absolute Gasteiger partial charge is 0.124 e. The fourth-order valence-corrected chi connectivity index (χ4v) is 1.28. The van der Waals surface area contributed by atoms with Gasteiger partial charge in [0.1, 0.15) is 5.75 Å². The Hall–Kier alpha value is -1.02. The minimum atomic E-state index is 0.0315. The molecule has 0 saturated carbocycles. The summed E-state index contributed by atoms with van der Waals surface area (Å²) >= 11 is 0. The first-order chi connectivity index (χ1) is 6.19. The Kier molecular flexibility index (Phi) is 3.32. The fraction of sp³-hybridized carbons (Fsp3) is 0.455. The number of benzene rings is 1. The quantitative estimate of drug-likeness (QED) is 0.773. The van der Waals surface area contributed by atoms with Crippen LogP contribution in [-0.4, -0.2) is 12.2 Å². The van der Waals surface area contributed by atoms with Crippen LogP contribution in [0.1, 0.15) is 30.9 Å². The van der Waals surface area contributed by atoms with E-state index in [0.717, 1.165) is 11.3 Å². The molecule has 0 bridgehead atoms. The molecule has 2 nitrogen and oxygen atoms in total. The van der Waals surface area contributed by atoms with E-state index in [1.807, 2.05) is 18.2 Å². The molecule has 1 aromatic rings. The van der Waals surface area contributed by atoms with Crippen LogP contribution in [0.5, 0.6) is 5.75 Å². The van der Waals surface area contributed by atoms with Crippen LogP contribution in [0.4, 0.5) is 0 Å². The molecule has 0 unspecified atom stereocenters. The van der Waals surface area contributed by atoms with E-state index in [9.17, 15) is 0 Å². The van der Waals surface area contributed by atoms with E-state index >= 15 is 0 Å². The normalized spacial score (nSPS) is 10.5. The lowest BCUT2D eigenvalue weighted by molar-refractivity contribution is 0.273. The Morgan fingerprint density at radius 3 is 2.54 bits per heavy atom. The predicted molar refractivity (Wildman–Crippen MR) is 53.0 cm³/mol. The van der Waals surface area contributed by atoms with Gasteiger partial charge in [-0.3, -0.25) is 0 Å². The van der Waals surface area contributed by atoms with Crippen LogP contribution in [0.3, 0.4) is 0 Å². The molecule has 0 saturated heterocycles. The van der Waals surface area contributed by atoms with Gasteiger partial charge in [0.2, 0.25) is 0 Å². The van der Waals surface area contributed by atoms with E-state index < -0.39 is 0 Å². The number of aliphatic hydroxyl groups excluding tert-OH is 1. The van der Waals surface area contributed by atoms with Gasteiger partial charge in [-0.05, 0) is 23.6 Å². The van der Waals surface area contributed by atoms with Gasteiger partial charge >= 0.3 is 0 Å². The summed E-state index contributed by atoms with van der Waals surface area (Å²) in [6.07, 6.45) is 0. The van der Waals surface area contributed by atoms with Gasteiger partial charge in [0.05, 0.1) is 13.7 Å². The van der Waals surface area contributed by atoms with Crippen molar-refractivity contribution in [3.05, 3.63) is 29.3 Å². The molecule has 0 aromatic heterocycles. The molecule has 0 fully saturated rings. The molecule has 1 rings (SSSR count). The lowest BCUT2D eigenvalue weighted by atomic mass is 10.0. The topological polar surface area (TPSA) is 29.5 Å². The lowest BCUT2D eigenvalue weighted by Gasteiger charge is -2.10. The van der Waals surface area contributed by atoms with E-state index in [0.29, 0.717) is 5.92 Å². The van der Waals surface area contributed by atoms with Crippen LogP contribution < -0.4 is 4.74 Å². The highest BCUT2D eigenvalue weighted by molar-refractivity contribution is 5.37. The lowest BCUT2D eigenvalue weighted by Crippen LogP contribution is -1.95. The van der Waals surface area contributed by atoms with Crippen molar-refractivity contribution in [2.24, 2.45) is 0 Å². The van der Waals surface area contributed by atoms with Gasteiger partial charge in [0, 0.05) is 5.56 Å². The maximum Gasteiger partial charge on any atom is 0.124 e. The van der Waals surface area contributed by atoms with Gasteiger partial charge in [-0.15, -0.1) is 0 Å². The SMILES string of the molecule is COc1ccc(C(C)C)cc1CO. The van der Waals surface area contributed by atoms with E-state index in [1.54, 1.807) is 7.11 Å². The molecule has 0 radical (unpaired) electrons. The maximum absolute atomic E-state index is 9.08.